The molecule has 1 atom stereocenters. The number of rotatable bonds is 5. The molecule has 0 fully saturated rings. The number of nitrogens with one attached hydrogen (secondary N) is 1. The molecular weight excluding hydrogens is 486 g/mol. The van der Waals surface area contributed by atoms with E-state index in [1.807, 2.05) is 49.4 Å². The van der Waals surface area contributed by atoms with E-state index in [0.29, 0.717) is 31.9 Å². The lowest BCUT2D eigenvalue weighted by molar-refractivity contribution is -0.113. The summed E-state index contributed by atoms with van der Waals surface area (Å²) in [7, 11) is 0. The van der Waals surface area contributed by atoms with E-state index in [9.17, 15) is 14.4 Å². The average Bonchev–Trinajstić information content (AvgIpc) is 3.18. The molecule has 184 valence electrons. The van der Waals surface area contributed by atoms with Crippen molar-refractivity contribution in [2.75, 3.05) is 5.32 Å². The van der Waals surface area contributed by atoms with Crippen LogP contribution in [0.1, 0.15) is 40.0 Å². The van der Waals surface area contributed by atoms with Gasteiger partial charge in [-0.15, -0.1) is 0 Å². The summed E-state index contributed by atoms with van der Waals surface area (Å²) in [6.07, 6.45) is 1.71. The molecule has 4 aromatic rings. The summed E-state index contributed by atoms with van der Waals surface area (Å²) in [6, 6.07) is 22.6. The van der Waals surface area contributed by atoms with E-state index in [1.54, 1.807) is 41.8 Å². The van der Waals surface area contributed by atoms with E-state index < -0.39 is 12.0 Å². The van der Waals surface area contributed by atoms with Gasteiger partial charge in [0, 0.05) is 5.69 Å². The number of carboxylic acids is 1. The summed E-state index contributed by atoms with van der Waals surface area (Å²) in [4.78, 5) is 43.6. The highest BCUT2D eigenvalue weighted by Gasteiger charge is 2.32. The van der Waals surface area contributed by atoms with Crippen LogP contribution in [0.4, 0.5) is 5.69 Å². The number of amides is 1. The zero-order valence-corrected chi connectivity index (χ0v) is 21.0. The number of aromatic nitrogens is 1. The summed E-state index contributed by atoms with van der Waals surface area (Å²) in [6.45, 7) is 3.76. The lowest BCUT2D eigenvalue weighted by Gasteiger charge is -2.25. The molecule has 37 heavy (non-hydrogen) atoms. The van der Waals surface area contributed by atoms with Crippen LogP contribution in [0.15, 0.2) is 99.9 Å². The van der Waals surface area contributed by atoms with Gasteiger partial charge in [0.1, 0.15) is 0 Å². The van der Waals surface area contributed by atoms with Crippen molar-refractivity contribution in [3.05, 3.63) is 132 Å². The Kier molecular flexibility index (Phi) is 6.42. The van der Waals surface area contributed by atoms with Crippen molar-refractivity contribution in [2.24, 2.45) is 4.99 Å². The first-order valence-electron chi connectivity index (χ1n) is 11.6. The Morgan fingerprint density at radius 3 is 2.30 bits per heavy atom. The normalized spacial score (nSPS) is 15.2. The molecule has 2 heterocycles. The van der Waals surface area contributed by atoms with Crippen LogP contribution < -0.4 is 20.2 Å². The Morgan fingerprint density at radius 1 is 0.973 bits per heavy atom. The smallest absolute Gasteiger partial charge is 0.335 e. The number of benzene rings is 3. The largest absolute Gasteiger partial charge is 0.478 e. The highest BCUT2D eigenvalue weighted by atomic mass is 32.1. The van der Waals surface area contributed by atoms with Gasteiger partial charge in [0.25, 0.3) is 11.5 Å². The topological polar surface area (TPSA) is 101 Å². The molecular formula is C29H23N3O4S. The lowest BCUT2D eigenvalue weighted by atomic mass is 9.94. The van der Waals surface area contributed by atoms with Crippen molar-refractivity contribution in [1.29, 1.82) is 0 Å². The number of aromatic carboxylic acids is 1. The summed E-state index contributed by atoms with van der Waals surface area (Å²) in [5, 5.41) is 12.1. The van der Waals surface area contributed by atoms with Gasteiger partial charge in [-0.1, -0.05) is 71.5 Å². The molecule has 0 saturated heterocycles. The number of aryl methyl sites for hydroxylation is 1. The van der Waals surface area contributed by atoms with E-state index in [4.69, 9.17) is 5.11 Å². The molecule has 7 nitrogen and oxygen atoms in total. The van der Waals surface area contributed by atoms with Crippen LogP contribution in [0, 0.1) is 6.92 Å². The van der Waals surface area contributed by atoms with Crippen molar-refractivity contribution < 1.29 is 14.7 Å². The predicted molar refractivity (Wildman–Crippen MR) is 143 cm³/mol. The second-order valence-electron chi connectivity index (χ2n) is 8.74. The Morgan fingerprint density at radius 2 is 1.65 bits per heavy atom. The van der Waals surface area contributed by atoms with E-state index in [-0.39, 0.29) is 17.0 Å². The number of carboxylic acid groups (broad SMARTS) is 1. The predicted octanol–water partition coefficient (Wildman–Crippen LogP) is 3.88. The molecule has 0 bridgehead atoms. The van der Waals surface area contributed by atoms with E-state index >= 15 is 0 Å². The maximum atomic E-state index is 13.7. The number of fused-ring (bicyclic) bond motifs is 1. The van der Waals surface area contributed by atoms with Gasteiger partial charge in [-0.25, -0.2) is 9.79 Å². The van der Waals surface area contributed by atoms with Gasteiger partial charge < -0.3 is 10.4 Å². The minimum atomic E-state index is -1.01. The van der Waals surface area contributed by atoms with Crippen LogP contribution in [-0.2, 0) is 4.79 Å². The first-order valence-corrected chi connectivity index (χ1v) is 12.4. The van der Waals surface area contributed by atoms with E-state index in [2.05, 4.69) is 10.3 Å². The fourth-order valence-corrected chi connectivity index (χ4v) is 5.32. The maximum Gasteiger partial charge on any atom is 0.335 e. The number of anilines is 1. The number of hydrogen-bond acceptors (Lipinski definition) is 5. The van der Waals surface area contributed by atoms with Crippen LogP contribution in [-0.4, -0.2) is 21.6 Å². The minimum Gasteiger partial charge on any atom is -0.478 e. The van der Waals surface area contributed by atoms with Crippen LogP contribution in [0.2, 0.25) is 0 Å². The SMILES string of the molecule is CC1=C(C(=O)Nc2ccccc2)[C@@H](c2ccc(C)cc2)n2c(s/c(=C\c3ccc(C(=O)O)cc3)c2=O)=N1. The molecule has 1 aromatic heterocycles. The highest BCUT2D eigenvalue weighted by molar-refractivity contribution is 7.07. The molecule has 1 aliphatic rings. The fourth-order valence-electron chi connectivity index (χ4n) is 4.27. The molecule has 1 amide bonds. The van der Waals surface area contributed by atoms with Gasteiger partial charge >= 0.3 is 5.97 Å². The molecule has 2 N–H and O–H groups in total. The summed E-state index contributed by atoms with van der Waals surface area (Å²) < 4.78 is 2.01. The molecule has 0 aliphatic carbocycles. The third-order valence-corrected chi connectivity index (χ3v) is 7.13. The number of nitrogens with zero attached hydrogens (tertiary/aromatic N) is 2. The molecule has 0 radical (unpaired) electrons. The Hall–Kier alpha value is -4.56. The zero-order chi connectivity index (χ0) is 26.1. The lowest BCUT2D eigenvalue weighted by Crippen LogP contribution is -2.40. The molecule has 5 rings (SSSR count). The van der Waals surface area contributed by atoms with Gasteiger partial charge in [-0.3, -0.25) is 14.2 Å². The summed E-state index contributed by atoms with van der Waals surface area (Å²) >= 11 is 1.24. The van der Waals surface area contributed by atoms with Gasteiger partial charge in [0.15, 0.2) is 4.80 Å². The van der Waals surface area contributed by atoms with E-state index in [0.717, 1.165) is 11.1 Å². The first kappa shape index (κ1) is 24.1. The van der Waals surface area contributed by atoms with Crippen molar-refractivity contribution >= 4 is 35.0 Å². The van der Waals surface area contributed by atoms with Crippen molar-refractivity contribution in [2.45, 2.75) is 19.9 Å². The van der Waals surface area contributed by atoms with Crippen LogP contribution in [0.5, 0.6) is 0 Å². The number of allylic oxidation sites excluding steroid dienone is 1. The summed E-state index contributed by atoms with van der Waals surface area (Å²) in [5.74, 6) is -1.34. The third-order valence-electron chi connectivity index (χ3n) is 6.15. The van der Waals surface area contributed by atoms with Gasteiger partial charge in [0.2, 0.25) is 0 Å². The highest BCUT2D eigenvalue weighted by Crippen LogP contribution is 2.31. The monoisotopic (exact) mass is 509 g/mol. The number of carbonyl (C=O) groups is 2. The molecule has 3 aromatic carbocycles. The number of carbonyl (C=O) groups excluding carboxylic acids is 1. The second kappa shape index (κ2) is 9.83. The molecule has 0 saturated carbocycles. The van der Waals surface area contributed by atoms with Crippen LogP contribution >= 0.6 is 11.3 Å². The standard InChI is InChI=1S/C29H23N3O4S/c1-17-8-12-20(13-9-17)25-24(26(33)31-22-6-4-3-5-7-22)18(2)30-29-32(25)27(34)23(37-29)16-19-10-14-21(15-11-19)28(35)36/h3-16,25H,1-2H3,(H,31,33)(H,35,36)/b23-16-/t25-/m1/s1. The molecule has 1 aliphatic heterocycles. The number of para-hydroxylation sites is 1. The second-order valence-corrected chi connectivity index (χ2v) is 9.75. The third kappa shape index (κ3) is 4.79. The quantitative estimate of drug-likeness (QED) is 0.426. The molecule has 0 spiro atoms. The Balaban J connectivity index is 1.64. The summed E-state index contributed by atoms with van der Waals surface area (Å²) in [5.41, 5.74) is 4.05. The van der Waals surface area contributed by atoms with Crippen LogP contribution in [0.25, 0.3) is 6.08 Å². The Bertz CT molecular complexity index is 1720. The van der Waals surface area contributed by atoms with Crippen LogP contribution in [0.3, 0.4) is 0 Å². The minimum absolute atomic E-state index is 0.169. The van der Waals surface area contributed by atoms with Crippen molar-refractivity contribution in [3.63, 3.8) is 0 Å². The fraction of sp³-hybridized carbons (Fsp3) is 0.103. The molecule has 0 unspecified atom stereocenters. The van der Waals surface area contributed by atoms with Crippen molar-refractivity contribution in [1.82, 2.24) is 4.57 Å². The zero-order valence-electron chi connectivity index (χ0n) is 20.1. The number of thiazole rings is 1. The Labute approximate surface area is 216 Å². The molecule has 8 heteroatoms. The van der Waals surface area contributed by atoms with Gasteiger partial charge in [0.05, 0.1) is 27.4 Å². The van der Waals surface area contributed by atoms with Gasteiger partial charge in [-0.05, 0) is 55.3 Å². The maximum absolute atomic E-state index is 13.7. The van der Waals surface area contributed by atoms with Crippen molar-refractivity contribution in [3.8, 4) is 0 Å². The first-order chi connectivity index (χ1) is 17.8. The van der Waals surface area contributed by atoms with E-state index in [1.165, 1.54) is 23.5 Å². The average molecular weight is 510 g/mol. The van der Waals surface area contributed by atoms with Gasteiger partial charge in [-0.2, -0.15) is 0 Å². The number of hydrogen-bond donors (Lipinski definition) is 2.